The molecule has 0 aromatic carbocycles. The van der Waals surface area contributed by atoms with Crippen molar-refractivity contribution in [1.29, 1.82) is 0 Å². The fraction of sp³-hybridized carbons (Fsp3) is 0.571. The highest BCUT2D eigenvalue weighted by Crippen LogP contribution is 2.06. The van der Waals surface area contributed by atoms with E-state index >= 15 is 0 Å². The summed E-state index contributed by atoms with van der Waals surface area (Å²) in [7, 11) is -3.25. The molecule has 0 spiro atoms. The Hall–Kier alpha value is -0.840. The van der Waals surface area contributed by atoms with E-state index < -0.39 is 21.6 Å². The number of sulfone groups is 1. The van der Waals surface area contributed by atoms with E-state index in [0.717, 1.165) is 6.26 Å². The molecule has 0 fully saturated rings. The molecule has 70 valence electrons. The highest BCUT2D eigenvalue weighted by atomic mass is 32.2. The van der Waals surface area contributed by atoms with Crippen molar-refractivity contribution in [1.82, 2.24) is 0 Å². The number of hydrogen-bond acceptors (Lipinski definition) is 3. The zero-order chi connectivity index (χ0) is 9.94. The molecule has 0 radical (unpaired) electrons. The van der Waals surface area contributed by atoms with Gasteiger partial charge in [0.2, 0.25) is 0 Å². The van der Waals surface area contributed by atoms with Crippen LogP contribution in [0.4, 0.5) is 0 Å². The van der Waals surface area contributed by atoms with Gasteiger partial charge in [-0.1, -0.05) is 5.57 Å². The number of rotatable bonds is 3. The summed E-state index contributed by atoms with van der Waals surface area (Å²) in [6, 6.07) is 0. The van der Waals surface area contributed by atoms with Crippen LogP contribution < -0.4 is 0 Å². The van der Waals surface area contributed by atoms with Gasteiger partial charge in [0.15, 0.2) is 9.84 Å². The lowest BCUT2D eigenvalue weighted by molar-refractivity contribution is -0.132. The third-order valence-corrected chi connectivity index (χ3v) is 2.08. The Morgan fingerprint density at radius 3 is 1.83 bits per heavy atom. The maximum Gasteiger partial charge on any atom is 0.332 e. The van der Waals surface area contributed by atoms with Crippen LogP contribution >= 0.6 is 0 Å². The monoisotopic (exact) mass is 192 g/mol. The summed E-state index contributed by atoms with van der Waals surface area (Å²) in [5.74, 6) is -1.56. The highest BCUT2D eigenvalue weighted by molar-refractivity contribution is 7.90. The van der Waals surface area contributed by atoms with Crippen LogP contribution in [0.2, 0.25) is 0 Å². The molecule has 0 aliphatic carbocycles. The molecule has 0 heterocycles. The zero-order valence-corrected chi connectivity index (χ0v) is 8.10. The van der Waals surface area contributed by atoms with Crippen LogP contribution in [0.3, 0.4) is 0 Å². The lowest BCUT2D eigenvalue weighted by Crippen LogP contribution is -2.14. The average molecular weight is 192 g/mol. The SMILES string of the molecule is CC(C)=C(CS(C)(=O)=O)C(=O)O. The summed E-state index contributed by atoms with van der Waals surface area (Å²) < 4.78 is 21.5. The van der Waals surface area contributed by atoms with E-state index in [1.807, 2.05) is 0 Å². The van der Waals surface area contributed by atoms with Gasteiger partial charge in [0.05, 0.1) is 11.3 Å². The molecule has 1 N–H and O–H groups in total. The van der Waals surface area contributed by atoms with Gasteiger partial charge < -0.3 is 5.11 Å². The minimum atomic E-state index is -3.25. The zero-order valence-electron chi connectivity index (χ0n) is 7.29. The Kier molecular flexibility index (Phi) is 3.45. The van der Waals surface area contributed by atoms with Gasteiger partial charge in [-0.25, -0.2) is 13.2 Å². The summed E-state index contributed by atoms with van der Waals surface area (Å²) in [6.07, 6.45) is 1.01. The van der Waals surface area contributed by atoms with E-state index in [1.165, 1.54) is 0 Å². The number of aliphatic carboxylic acids is 1. The molecule has 0 aliphatic heterocycles. The molecule has 0 bridgehead atoms. The van der Waals surface area contributed by atoms with Crippen molar-refractivity contribution in [2.24, 2.45) is 0 Å². The Balaban J connectivity index is 4.85. The Bertz CT molecular complexity index is 306. The van der Waals surface area contributed by atoms with E-state index in [2.05, 4.69) is 0 Å². The van der Waals surface area contributed by atoms with Gasteiger partial charge in [-0.15, -0.1) is 0 Å². The van der Waals surface area contributed by atoms with Gasteiger partial charge in [0, 0.05) is 6.26 Å². The summed E-state index contributed by atoms with van der Waals surface area (Å²) in [5.41, 5.74) is 0.477. The van der Waals surface area contributed by atoms with Gasteiger partial charge in [-0.3, -0.25) is 0 Å². The van der Waals surface area contributed by atoms with Crippen LogP contribution in [0, 0.1) is 0 Å². The normalized spacial score (nSPS) is 10.9. The first-order chi connectivity index (χ1) is 5.24. The van der Waals surface area contributed by atoms with Gasteiger partial charge in [-0.05, 0) is 13.8 Å². The smallest absolute Gasteiger partial charge is 0.332 e. The second-order valence-corrected chi connectivity index (χ2v) is 4.99. The minimum absolute atomic E-state index is 0.0440. The lowest BCUT2D eigenvalue weighted by atomic mass is 10.2. The van der Waals surface area contributed by atoms with E-state index in [1.54, 1.807) is 13.8 Å². The molecule has 5 heteroatoms. The summed E-state index contributed by atoms with van der Waals surface area (Å²) >= 11 is 0. The number of carboxylic acids is 1. The predicted octanol–water partition coefficient (Wildman–Crippen LogP) is 0.452. The lowest BCUT2D eigenvalue weighted by Gasteiger charge is -2.02. The van der Waals surface area contributed by atoms with Crippen molar-refractivity contribution >= 4 is 15.8 Å². The standard InChI is InChI=1S/C7H12O4S/c1-5(2)6(7(8)9)4-12(3,10)11/h4H2,1-3H3,(H,8,9). The molecule has 0 rings (SSSR count). The first-order valence-electron chi connectivity index (χ1n) is 3.31. The van der Waals surface area contributed by atoms with Crippen molar-refractivity contribution in [2.45, 2.75) is 13.8 Å². The molecule has 4 nitrogen and oxygen atoms in total. The van der Waals surface area contributed by atoms with Crippen LogP contribution in [0.15, 0.2) is 11.1 Å². The quantitative estimate of drug-likeness (QED) is 0.659. The highest BCUT2D eigenvalue weighted by Gasteiger charge is 2.15. The second kappa shape index (κ2) is 3.71. The third-order valence-electron chi connectivity index (χ3n) is 1.27. The van der Waals surface area contributed by atoms with Gasteiger partial charge in [0.1, 0.15) is 0 Å². The summed E-state index contributed by atoms with van der Waals surface area (Å²) in [4.78, 5) is 10.5. The Morgan fingerprint density at radius 1 is 1.33 bits per heavy atom. The van der Waals surface area contributed by atoms with Crippen molar-refractivity contribution < 1.29 is 18.3 Å². The topological polar surface area (TPSA) is 71.4 Å². The fourth-order valence-electron chi connectivity index (χ4n) is 0.682. The fourth-order valence-corrected chi connectivity index (χ4v) is 1.62. The molecule has 0 aromatic rings. The molecule has 0 amide bonds. The largest absolute Gasteiger partial charge is 0.478 e. The summed E-state index contributed by atoms with van der Waals surface area (Å²) in [6.45, 7) is 3.16. The van der Waals surface area contributed by atoms with Gasteiger partial charge in [0.25, 0.3) is 0 Å². The van der Waals surface area contributed by atoms with Crippen molar-refractivity contribution in [2.75, 3.05) is 12.0 Å². The Morgan fingerprint density at radius 2 is 1.75 bits per heavy atom. The molecule has 12 heavy (non-hydrogen) atoms. The third kappa shape index (κ3) is 4.12. The van der Waals surface area contributed by atoms with Crippen LogP contribution in [-0.2, 0) is 14.6 Å². The molecule has 0 aliphatic rings. The van der Waals surface area contributed by atoms with Crippen molar-refractivity contribution in [3.05, 3.63) is 11.1 Å². The maximum absolute atomic E-state index is 10.8. The summed E-state index contributed by atoms with van der Waals surface area (Å²) in [5, 5.41) is 8.58. The van der Waals surface area contributed by atoms with Crippen LogP contribution in [0.1, 0.15) is 13.8 Å². The molecule has 0 saturated carbocycles. The second-order valence-electron chi connectivity index (χ2n) is 2.85. The van der Waals surface area contributed by atoms with E-state index in [9.17, 15) is 13.2 Å². The number of carboxylic acid groups (broad SMARTS) is 1. The maximum atomic E-state index is 10.8. The van der Waals surface area contributed by atoms with E-state index in [0.29, 0.717) is 5.57 Å². The first-order valence-corrected chi connectivity index (χ1v) is 5.37. The van der Waals surface area contributed by atoms with Crippen molar-refractivity contribution in [3.63, 3.8) is 0 Å². The molecule has 0 unspecified atom stereocenters. The van der Waals surface area contributed by atoms with E-state index in [4.69, 9.17) is 5.11 Å². The first kappa shape index (κ1) is 11.2. The molecular formula is C7H12O4S. The average Bonchev–Trinajstić information content (AvgIpc) is 1.79. The van der Waals surface area contributed by atoms with Crippen molar-refractivity contribution in [3.8, 4) is 0 Å². The van der Waals surface area contributed by atoms with E-state index in [-0.39, 0.29) is 5.57 Å². The van der Waals surface area contributed by atoms with Gasteiger partial charge >= 0.3 is 5.97 Å². The molecule has 0 saturated heterocycles. The molecule has 0 aromatic heterocycles. The number of allylic oxidation sites excluding steroid dienone is 1. The predicted molar refractivity (Wildman–Crippen MR) is 45.7 cm³/mol. The number of carbonyl (C=O) groups is 1. The minimum Gasteiger partial charge on any atom is -0.478 e. The molecular weight excluding hydrogens is 180 g/mol. The van der Waals surface area contributed by atoms with Crippen LogP contribution in [0.25, 0.3) is 0 Å². The van der Waals surface area contributed by atoms with Crippen LogP contribution in [0.5, 0.6) is 0 Å². The molecule has 0 atom stereocenters. The van der Waals surface area contributed by atoms with Crippen LogP contribution in [-0.4, -0.2) is 31.5 Å². The van der Waals surface area contributed by atoms with Gasteiger partial charge in [-0.2, -0.15) is 0 Å². The Labute approximate surface area is 71.8 Å². The number of hydrogen-bond donors (Lipinski definition) is 1.